The molecule has 1 amide bonds. The summed E-state index contributed by atoms with van der Waals surface area (Å²) in [6, 6.07) is 10.1. The first-order chi connectivity index (χ1) is 12.6. The minimum atomic E-state index is 0.00417. The van der Waals surface area contributed by atoms with E-state index in [2.05, 4.69) is 22.2 Å². The molecule has 3 rings (SSSR count). The van der Waals surface area contributed by atoms with Gasteiger partial charge in [-0.15, -0.1) is 0 Å². The number of hydrogen-bond donors (Lipinski definition) is 1. The molecule has 2 aliphatic rings. The van der Waals surface area contributed by atoms with Gasteiger partial charge in [-0.25, -0.2) is 0 Å². The summed E-state index contributed by atoms with van der Waals surface area (Å²) >= 11 is 0. The van der Waals surface area contributed by atoms with Crippen LogP contribution in [-0.4, -0.2) is 66.8 Å². The van der Waals surface area contributed by atoms with Crippen molar-refractivity contribution < 1.29 is 9.59 Å². The van der Waals surface area contributed by atoms with Gasteiger partial charge in [0.05, 0.1) is 0 Å². The van der Waals surface area contributed by atoms with Gasteiger partial charge in [0.1, 0.15) is 0 Å². The first-order valence-electron chi connectivity index (χ1n) is 9.92. The molecule has 0 unspecified atom stereocenters. The van der Waals surface area contributed by atoms with Crippen LogP contribution in [-0.2, 0) is 4.79 Å². The lowest BCUT2D eigenvalue weighted by Gasteiger charge is -2.41. The molecule has 0 radical (unpaired) electrons. The van der Waals surface area contributed by atoms with Crippen LogP contribution in [0.15, 0.2) is 30.3 Å². The highest BCUT2D eigenvalue weighted by molar-refractivity contribution is 5.97. The van der Waals surface area contributed by atoms with Gasteiger partial charge in [-0.1, -0.05) is 30.3 Å². The predicted molar refractivity (Wildman–Crippen MR) is 103 cm³/mol. The largest absolute Gasteiger partial charge is 0.352 e. The fourth-order valence-electron chi connectivity index (χ4n) is 4.11. The van der Waals surface area contributed by atoms with Gasteiger partial charge in [0, 0.05) is 37.0 Å². The third-order valence-electron chi connectivity index (χ3n) is 5.70. The molecule has 0 bridgehead atoms. The van der Waals surface area contributed by atoms with Crippen LogP contribution >= 0.6 is 0 Å². The smallest absolute Gasteiger partial charge is 0.220 e. The Morgan fingerprint density at radius 2 is 1.77 bits per heavy atom. The quantitative estimate of drug-likeness (QED) is 0.794. The molecule has 0 aliphatic carbocycles. The van der Waals surface area contributed by atoms with E-state index in [1.165, 1.54) is 25.9 Å². The molecule has 1 aromatic rings. The highest BCUT2D eigenvalue weighted by Crippen LogP contribution is 2.20. The number of ketones is 1. The van der Waals surface area contributed by atoms with Crippen LogP contribution in [0.25, 0.3) is 0 Å². The lowest BCUT2D eigenvalue weighted by atomic mass is 9.98. The van der Waals surface area contributed by atoms with Gasteiger partial charge in [0.2, 0.25) is 5.91 Å². The van der Waals surface area contributed by atoms with Crippen LogP contribution in [0.2, 0.25) is 0 Å². The van der Waals surface area contributed by atoms with E-state index in [9.17, 15) is 9.59 Å². The second-order valence-corrected chi connectivity index (χ2v) is 7.73. The molecule has 5 heteroatoms. The standard InChI is InChI=1S/C21H31N3O2/c1-23-14-11-19(12-15-23)24-13-5-8-18(16-24)22-21(26)10-9-20(25)17-6-3-2-4-7-17/h2-4,6-7,18-19H,5,8-16H2,1H3,(H,22,26)/t18-/m1/s1. The number of nitrogens with zero attached hydrogens (tertiary/aromatic N) is 2. The van der Waals surface area contributed by atoms with Crippen molar-refractivity contribution in [3.05, 3.63) is 35.9 Å². The van der Waals surface area contributed by atoms with Gasteiger partial charge in [-0.2, -0.15) is 0 Å². The van der Waals surface area contributed by atoms with E-state index >= 15 is 0 Å². The minimum absolute atomic E-state index is 0.00417. The summed E-state index contributed by atoms with van der Waals surface area (Å²) in [5.41, 5.74) is 0.686. The molecule has 142 valence electrons. The fraction of sp³-hybridized carbons (Fsp3) is 0.619. The number of hydrogen-bond acceptors (Lipinski definition) is 4. The predicted octanol–water partition coefficient (Wildman–Crippen LogP) is 2.32. The number of amides is 1. The molecule has 2 heterocycles. The molecule has 26 heavy (non-hydrogen) atoms. The normalized spacial score (nSPS) is 22.9. The van der Waals surface area contributed by atoms with Gasteiger partial charge in [0.25, 0.3) is 0 Å². The molecule has 0 spiro atoms. The monoisotopic (exact) mass is 357 g/mol. The first-order valence-corrected chi connectivity index (χ1v) is 9.92. The summed E-state index contributed by atoms with van der Waals surface area (Å²) < 4.78 is 0. The van der Waals surface area contributed by atoms with Crippen LogP contribution in [0.3, 0.4) is 0 Å². The van der Waals surface area contributed by atoms with E-state index < -0.39 is 0 Å². The number of benzene rings is 1. The van der Waals surface area contributed by atoms with Crippen molar-refractivity contribution in [3.63, 3.8) is 0 Å². The van der Waals surface area contributed by atoms with Gasteiger partial charge >= 0.3 is 0 Å². The summed E-state index contributed by atoms with van der Waals surface area (Å²) in [5.74, 6) is 0.0434. The number of piperidine rings is 2. The Bertz CT molecular complexity index is 597. The van der Waals surface area contributed by atoms with Crippen LogP contribution < -0.4 is 5.32 Å². The highest BCUT2D eigenvalue weighted by atomic mass is 16.2. The Balaban J connectivity index is 1.41. The molecular weight excluding hydrogens is 326 g/mol. The number of Topliss-reactive ketones (excluding diaryl/α,β-unsaturated/α-hetero) is 1. The Morgan fingerprint density at radius 3 is 2.50 bits per heavy atom. The molecule has 2 aliphatic heterocycles. The van der Waals surface area contributed by atoms with Crippen LogP contribution in [0, 0.1) is 0 Å². The van der Waals surface area contributed by atoms with Crippen molar-refractivity contribution >= 4 is 11.7 Å². The SMILES string of the molecule is CN1CCC(N2CCC[C@@H](NC(=O)CCC(=O)c3ccccc3)C2)CC1. The summed E-state index contributed by atoms with van der Waals surface area (Å²) in [6.07, 6.45) is 5.19. The second kappa shape index (κ2) is 9.28. The molecular formula is C21H31N3O2. The Morgan fingerprint density at radius 1 is 1.04 bits per heavy atom. The van der Waals surface area contributed by atoms with Crippen LogP contribution in [0.1, 0.15) is 48.9 Å². The number of carbonyl (C=O) groups is 2. The maximum atomic E-state index is 12.3. The molecule has 0 aromatic heterocycles. The fourth-order valence-corrected chi connectivity index (χ4v) is 4.11. The zero-order valence-electron chi connectivity index (χ0n) is 15.8. The molecule has 1 N–H and O–H groups in total. The number of nitrogens with one attached hydrogen (secondary N) is 1. The third-order valence-corrected chi connectivity index (χ3v) is 5.70. The zero-order valence-corrected chi connectivity index (χ0v) is 15.8. The summed E-state index contributed by atoms with van der Waals surface area (Å²) in [7, 11) is 2.19. The van der Waals surface area contributed by atoms with Crippen LogP contribution in [0.4, 0.5) is 0 Å². The molecule has 1 aromatic carbocycles. The first kappa shape index (κ1) is 19.1. The Kier molecular flexibility index (Phi) is 6.80. The van der Waals surface area contributed by atoms with Crippen molar-refractivity contribution in [1.82, 2.24) is 15.1 Å². The maximum Gasteiger partial charge on any atom is 0.220 e. The van der Waals surface area contributed by atoms with Gasteiger partial charge in [0.15, 0.2) is 5.78 Å². The minimum Gasteiger partial charge on any atom is -0.352 e. The van der Waals surface area contributed by atoms with E-state index in [4.69, 9.17) is 0 Å². The topological polar surface area (TPSA) is 52.6 Å². The molecule has 1 atom stereocenters. The van der Waals surface area contributed by atoms with Gasteiger partial charge in [-0.3, -0.25) is 14.5 Å². The molecule has 2 saturated heterocycles. The number of likely N-dealkylation sites (tertiary alicyclic amines) is 2. The molecule has 0 saturated carbocycles. The molecule has 2 fully saturated rings. The molecule has 5 nitrogen and oxygen atoms in total. The van der Waals surface area contributed by atoms with E-state index in [1.54, 1.807) is 12.1 Å². The summed E-state index contributed by atoms with van der Waals surface area (Å²) in [6.45, 7) is 4.43. The Labute approximate surface area is 156 Å². The highest BCUT2D eigenvalue weighted by Gasteiger charge is 2.28. The lowest BCUT2D eigenvalue weighted by molar-refractivity contribution is -0.122. The van der Waals surface area contributed by atoms with Gasteiger partial charge < -0.3 is 10.2 Å². The van der Waals surface area contributed by atoms with E-state index in [-0.39, 0.29) is 30.6 Å². The number of carbonyl (C=O) groups excluding carboxylic acids is 2. The van der Waals surface area contributed by atoms with E-state index in [0.717, 1.165) is 25.9 Å². The van der Waals surface area contributed by atoms with Crippen LogP contribution in [0.5, 0.6) is 0 Å². The van der Waals surface area contributed by atoms with Crippen molar-refractivity contribution in [2.45, 2.75) is 50.6 Å². The zero-order chi connectivity index (χ0) is 18.4. The third kappa shape index (κ3) is 5.39. The Hall–Kier alpha value is -1.72. The van der Waals surface area contributed by atoms with E-state index in [0.29, 0.717) is 11.6 Å². The summed E-state index contributed by atoms with van der Waals surface area (Å²) in [5, 5.41) is 3.16. The maximum absolute atomic E-state index is 12.3. The van der Waals surface area contributed by atoms with Crippen molar-refractivity contribution in [3.8, 4) is 0 Å². The van der Waals surface area contributed by atoms with Gasteiger partial charge in [-0.05, 0) is 52.4 Å². The summed E-state index contributed by atoms with van der Waals surface area (Å²) in [4.78, 5) is 29.4. The lowest BCUT2D eigenvalue weighted by Crippen LogP contribution is -2.53. The van der Waals surface area contributed by atoms with Crippen molar-refractivity contribution in [1.29, 1.82) is 0 Å². The second-order valence-electron chi connectivity index (χ2n) is 7.73. The number of rotatable bonds is 6. The van der Waals surface area contributed by atoms with Crippen molar-refractivity contribution in [2.75, 3.05) is 33.2 Å². The average molecular weight is 357 g/mol. The average Bonchev–Trinajstić information content (AvgIpc) is 2.67. The van der Waals surface area contributed by atoms with E-state index in [1.807, 2.05) is 18.2 Å². The van der Waals surface area contributed by atoms with Crippen molar-refractivity contribution in [2.24, 2.45) is 0 Å².